The molecule has 0 aliphatic carbocycles. The van der Waals surface area contributed by atoms with E-state index in [2.05, 4.69) is 5.32 Å². The number of aliphatic hydroxyl groups excluding tert-OH is 1. The van der Waals surface area contributed by atoms with Crippen molar-refractivity contribution >= 4 is 17.5 Å². The molecule has 1 aromatic carbocycles. The summed E-state index contributed by atoms with van der Waals surface area (Å²) in [5.41, 5.74) is 0.361. The van der Waals surface area contributed by atoms with Gasteiger partial charge in [-0.1, -0.05) is 6.92 Å². The van der Waals surface area contributed by atoms with Crippen molar-refractivity contribution in [1.29, 1.82) is 0 Å². The van der Waals surface area contributed by atoms with Gasteiger partial charge in [-0.3, -0.25) is 9.59 Å². The number of anilines is 1. The van der Waals surface area contributed by atoms with Crippen LogP contribution in [0.1, 0.15) is 63.2 Å². The third-order valence-corrected chi connectivity index (χ3v) is 6.52. The fourth-order valence-electron chi connectivity index (χ4n) is 4.30. The molecule has 0 saturated heterocycles. The number of nitrogens with zero attached hydrogens (tertiary/aromatic N) is 2. The van der Waals surface area contributed by atoms with Gasteiger partial charge in [0, 0.05) is 37.7 Å². The van der Waals surface area contributed by atoms with Crippen molar-refractivity contribution in [2.45, 2.75) is 77.3 Å². The predicted molar refractivity (Wildman–Crippen MR) is 139 cm³/mol. The topological polar surface area (TPSA) is 91.3 Å². The lowest BCUT2D eigenvalue weighted by Gasteiger charge is -2.35. The van der Waals surface area contributed by atoms with E-state index in [1.807, 2.05) is 32.8 Å². The molecule has 2 amide bonds. The fraction of sp³-hybridized carbons (Fsp3) is 0.704. The summed E-state index contributed by atoms with van der Waals surface area (Å²) in [5, 5.41) is 12.4. The van der Waals surface area contributed by atoms with Gasteiger partial charge in [0.2, 0.25) is 5.91 Å². The molecule has 2 rings (SSSR count). The summed E-state index contributed by atoms with van der Waals surface area (Å²) in [6.45, 7) is 6.93. The molecule has 1 heterocycles. The molecule has 4 atom stereocenters. The van der Waals surface area contributed by atoms with Gasteiger partial charge >= 0.3 is 6.18 Å². The molecule has 0 radical (unpaired) electrons. The number of nitrogens with one attached hydrogen (secondary N) is 1. The van der Waals surface area contributed by atoms with Crippen molar-refractivity contribution in [3.63, 3.8) is 0 Å². The molecule has 2 N–H and O–H groups in total. The average molecular weight is 546 g/mol. The number of carbonyl (C=O) groups is 2. The standard InChI is InChI=1S/C27H42F3N3O5/c1-18-15-33(19(2)17-34)26(36)22-14-21(31-25(35)11-12-27(28,29)30)9-10-23(22)38-20(3)8-6-7-13-37-24(18)16-32(4)5/h9-10,14,18-20,24,34H,6-8,11-13,15-17H2,1-5H3,(H,31,35)/t18-,19-,20-,24-/m0/s1. The van der Waals surface area contributed by atoms with Crippen LogP contribution in [0.2, 0.25) is 0 Å². The summed E-state index contributed by atoms with van der Waals surface area (Å²) in [7, 11) is 3.92. The Morgan fingerprint density at radius 2 is 1.97 bits per heavy atom. The van der Waals surface area contributed by atoms with Crippen LogP contribution in [0.5, 0.6) is 5.75 Å². The highest BCUT2D eigenvalue weighted by molar-refractivity contribution is 5.99. The predicted octanol–water partition coefficient (Wildman–Crippen LogP) is 4.32. The number of rotatable bonds is 7. The molecule has 38 heavy (non-hydrogen) atoms. The van der Waals surface area contributed by atoms with Crippen LogP contribution in [0.3, 0.4) is 0 Å². The van der Waals surface area contributed by atoms with Crippen molar-refractivity contribution < 1.29 is 37.3 Å². The number of aliphatic hydroxyl groups is 1. The van der Waals surface area contributed by atoms with Crippen LogP contribution in [0.15, 0.2) is 18.2 Å². The molecular weight excluding hydrogens is 503 g/mol. The molecule has 216 valence electrons. The Kier molecular flexibility index (Phi) is 12.3. The van der Waals surface area contributed by atoms with E-state index >= 15 is 0 Å². The first-order valence-corrected chi connectivity index (χ1v) is 13.2. The van der Waals surface area contributed by atoms with E-state index in [1.165, 1.54) is 12.1 Å². The zero-order chi connectivity index (χ0) is 28.5. The number of benzene rings is 1. The molecule has 0 bridgehead atoms. The Balaban J connectivity index is 2.43. The third kappa shape index (κ3) is 10.4. The van der Waals surface area contributed by atoms with Crippen molar-refractivity contribution in [2.24, 2.45) is 5.92 Å². The number of halogens is 3. The summed E-state index contributed by atoms with van der Waals surface area (Å²) in [6.07, 6.45) is -4.29. The molecule has 1 aliphatic heterocycles. The Bertz CT molecular complexity index is 912. The van der Waals surface area contributed by atoms with Crippen LogP contribution in [0, 0.1) is 5.92 Å². The highest BCUT2D eigenvalue weighted by atomic mass is 19.4. The van der Waals surface area contributed by atoms with Gasteiger partial charge in [-0.2, -0.15) is 13.2 Å². The number of hydrogen-bond acceptors (Lipinski definition) is 6. The summed E-state index contributed by atoms with van der Waals surface area (Å²) in [6, 6.07) is 3.97. The highest BCUT2D eigenvalue weighted by Gasteiger charge is 2.31. The van der Waals surface area contributed by atoms with E-state index in [0.717, 1.165) is 19.3 Å². The number of hydrogen-bond donors (Lipinski definition) is 2. The van der Waals surface area contributed by atoms with Gasteiger partial charge in [0.15, 0.2) is 0 Å². The average Bonchev–Trinajstić information content (AvgIpc) is 2.83. The number of amides is 2. The van der Waals surface area contributed by atoms with Crippen molar-refractivity contribution in [3.8, 4) is 5.75 Å². The summed E-state index contributed by atoms with van der Waals surface area (Å²) < 4.78 is 49.9. The number of alkyl halides is 3. The quantitative estimate of drug-likeness (QED) is 0.530. The zero-order valence-corrected chi connectivity index (χ0v) is 23.0. The van der Waals surface area contributed by atoms with Crippen LogP contribution >= 0.6 is 0 Å². The molecule has 1 aliphatic rings. The van der Waals surface area contributed by atoms with E-state index in [9.17, 15) is 27.9 Å². The lowest BCUT2D eigenvalue weighted by Crippen LogP contribution is -2.47. The van der Waals surface area contributed by atoms with Gasteiger partial charge in [-0.15, -0.1) is 0 Å². The molecular formula is C27H42F3N3O5. The first-order valence-electron chi connectivity index (χ1n) is 13.2. The largest absolute Gasteiger partial charge is 0.490 e. The minimum Gasteiger partial charge on any atom is -0.490 e. The van der Waals surface area contributed by atoms with Gasteiger partial charge in [0.1, 0.15) is 5.75 Å². The number of likely N-dealkylation sites (N-methyl/N-ethyl adjacent to an activating group) is 1. The van der Waals surface area contributed by atoms with E-state index in [-0.39, 0.29) is 36.0 Å². The normalized spacial score (nSPS) is 22.8. The molecule has 11 heteroatoms. The smallest absolute Gasteiger partial charge is 0.389 e. The molecule has 8 nitrogen and oxygen atoms in total. The second kappa shape index (κ2) is 14.7. The van der Waals surface area contributed by atoms with Crippen molar-refractivity contribution in [2.75, 3.05) is 45.7 Å². The lowest BCUT2D eigenvalue weighted by molar-refractivity contribution is -0.142. The first kappa shape index (κ1) is 31.8. The Labute approximate surface area is 223 Å². The Morgan fingerprint density at radius 3 is 2.61 bits per heavy atom. The molecule has 0 fully saturated rings. The maximum atomic E-state index is 13.9. The Morgan fingerprint density at radius 1 is 1.26 bits per heavy atom. The van der Waals surface area contributed by atoms with Gasteiger partial charge < -0.3 is 29.7 Å². The van der Waals surface area contributed by atoms with Crippen molar-refractivity contribution in [1.82, 2.24) is 9.80 Å². The van der Waals surface area contributed by atoms with E-state index in [0.29, 0.717) is 25.4 Å². The zero-order valence-electron chi connectivity index (χ0n) is 23.0. The maximum absolute atomic E-state index is 13.9. The highest BCUT2D eigenvalue weighted by Crippen LogP contribution is 2.29. The summed E-state index contributed by atoms with van der Waals surface area (Å²) in [5.74, 6) is -0.959. The number of fused-ring (bicyclic) bond motifs is 1. The molecule has 0 spiro atoms. The van der Waals surface area contributed by atoms with Crippen LogP contribution in [0.4, 0.5) is 18.9 Å². The molecule has 0 aromatic heterocycles. The fourth-order valence-corrected chi connectivity index (χ4v) is 4.30. The van der Waals surface area contributed by atoms with E-state index in [1.54, 1.807) is 17.9 Å². The molecule has 1 aromatic rings. The summed E-state index contributed by atoms with van der Waals surface area (Å²) >= 11 is 0. The van der Waals surface area contributed by atoms with E-state index < -0.39 is 36.9 Å². The molecule has 0 saturated carbocycles. The van der Waals surface area contributed by atoms with Gasteiger partial charge in [-0.05, 0) is 65.4 Å². The van der Waals surface area contributed by atoms with Gasteiger partial charge in [-0.25, -0.2) is 0 Å². The maximum Gasteiger partial charge on any atom is 0.389 e. The minimum absolute atomic E-state index is 0.0631. The lowest BCUT2D eigenvalue weighted by atomic mass is 10.0. The van der Waals surface area contributed by atoms with Crippen molar-refractivity contribution in [3.05, 3.63) is 23.8 Å². The second-order valence-electron chi connectivity index (χ2n) is 10.4. The van der Waals surface area contributed by atoms with Gasteiger partial charge in [0.25, 0.3) is 5.91 Å². The SMILES string of the molecule is C[C@H]1CCCCO[C@@H](CN(C)C)[C@@H](C)CN([C@@H](C)CO)C(=O)c2cc(NC(=O)CCC(F)(F)F)ccc2O1. The monoisotopic (exact) mass is 545 g/mol. The summed E-state index contributed by atoms with van der Waals surface area (Å²) in [4.78, 5) is 29.6. The number of ether oxygens (including phenoxy) is 2. The minimum atomic E-state index is -4.44. The third-order valence-electron chi connectivity index (χ3n) is 6.52. The van der Waals surface area contributed by atoms with Crippen LogP contribution in [0.25, 0.3) is 0 Å². The Hall–Kier alpha value is -2.37. The van der Waals surface area contributed by atoms with Gasteiger partial charge in [0.05, 0.1) is 36.8 Å². The van der Waals surface area contributed by atoms with Crippen LogP contribution < -0.4 is 10.1 Å². The van der Waals surface area contributed by atoms with E-state index in [4.69, 9.17) is 9.47 Å². The number of carbonyl (C=O) groups excluding carboxylic acids is 2. The van der Waals surface area contributed by atoms with Crippen LogP contribution in [-0.4, -0.2) is 91.5 Å². The second-order valence-corrected chi connectivity index (χ2v) is 10.4. The van der Waals surface area contributed by atoms with Crippen LogP contribution in [-0.2, 0) is 9.53 Å². The first-order chi connectivity index (χ1) is 17.8. The molecule has 0 unspecified atom stereocenters.